The minimum atomic E-state index is -0.766. The molecule has 3 rings (SSSR count). The number of primary amides is 1. The van der Waals surface area contributed by atoms with Crippen molar-refractivity contribution in [2.24, 2.45) is 5.73 Å². The molecule has 6 heteroatoms. The highest BCUT2D eigenvalue weighted by atomic mass is 19.1. The Balaban J connectivity index is 2.39. The minimum Gasteiger partial charge on any atom is -0.369 e. The average molecular weight is 311 g/mol. The van der Waals surface area contributed by atoms with Crippen molar-refractivity contribution in [3.63, 3.8) is 0 Å². The lowest BCUT2D eigenvalue weighted by Crippen LogP contribution is -2.30. The van der Waals surface area contributed by atoms with Crippen LogP contribution in [0.5, 0.6) is 0 Å². The number of halogens is 1. The molecule has 1 aromatic heterocycles. The number of hydrogen-bond acceptors (Lipinski definition) is 3. The van der Waals surface area contributed by atoms with Crippen molar-refractivity contribution >= 4 is 16.8 Å². The first kappa shape index (κ1) is 14.9. The Hall–Kier alpha value is -3.02. The van der Waals surface area contributed by atoms with Crippen molar-refractivity contribution < 1.29 is 9.18 Å². The number of hydrogen-bond donors (Lipinski definition) is 1. The van der Waals surface area contributed by atoms with Crippen LogP contribution >= 0.6 is 0 Å². The van der Waals surface area contributed by atoms with Crippen LogP contribution < -0.4 is 11.3 Å². The summed E-state index contributed by atoms with van der Waals surface area (Å²) in [6, 6.07) is 12.3. The van der Waals surface area contributed by atoms with E-state index in [4.69, 9.17) is 5.73 Å². The number of benzene rings is 2. The van der Waals surface area contributed by atoms with Gasteiger partial charge in [-0.25, -0.2) is 9.37 Å². The third-order valence-corrected chi connectivity index (χ3v) is 3.70. The molecule has 2 aromatic carbocycles. The number of para-hydroxylation sites is 1. The Morgan fingerprint density at radius 2 is 1.83 bits per heavy atom. The molecular formula is C17H14FN3O2. The second-order valence-corrected chi connectivity index (χ2v) is 5.23. The molecule has 1 atom stereocenters. The predicted octanol–water partition coefficient (Wildman–Crippen LogP) is 2.11. The average Bonchev–Trinajstić information content (AvgIpc) is 2.55. The molecule has 2 N–H and O–H groups in total. The molecule has 1 unspecified atom stereocenters. The lowest BCUT2D eigenvalue weighted by Gasteiger charge is -2.16. The van der Waals surface area contributed by atoms with Gasteiger partial charge >= 0.3 is 0 Å². The van der Waals surface area contributed by atoms with Gasteiger partial charge in [-0.1, -0.05) is 12.1 Å². The summed E-state index contributed by atoms with van der Waals surface area (Å²) in [5, 5.41) is 0.414. The summed E-state index contributed by atoms with van der Waals surface area (Å²) in [4.78, 5) is 28.9. The van der Waals surface area contributed by atoms with Crippen LogP contribution in [0.1, 0.15) is 18.7 Å². The van der Waals surface area contributed by atoms with Crippen LogP contribution in [0.4, 0.5) is 4.39 Å². The SMILES string of the molecule is CC(C(N)=O)c1nc2ccccc2c(=O)n1-c1ccc(F)cc1. The van der Waals surface area contributed by atoms with Crippen LogP contribution in [-0.4, -0.2) is 15.5 Å². The van der Waals surface area contributed by atoms with Gasteiger partial charge in [0, 0.05) is 0 Å². The van der Waals surface area contributed by atoms with Crippen LogP contribution in [-0.2, 0) is 4.79 Å². The Kier molecular flexibility index (Phi) is 3.65. The Morgan fingerprint density at radius 1 is 1.17 bits per heavy atom. The molecule has 5 nitrogen and oxygen atoms in total. The summed E-state index contributed by atoms with van der Waals surface area (Å²) in [6.07, 6.45) is 0. The third kappa shape index (κ3) is 2.59. The van der Waals surface area contributed by atoms with E-state index < -0.39 is 17.6 Å². The van der Waals surface area contributed by atoms with E-state index in [9.17, 15) is 14.0 Å². The fourth-order valence-corrected chi connectivity index (χ4v) is 2.41. The molecule has 0 fully saturated rings. The largest absolute Gasteiger partial charge is 0.369 e. The van der Waals surface area contributed by atoms with Crippen molar-refractivity contribution in [1.82, 2.24) is 9.55 Å². The summed E-state index contributed by atoms with van der Waals surface area (Å²) < 4.78 is 14.5. The molecule has 1 amide bonds. The fourth-order valence-electron chi connectivity index (χ4n) is 2.41. The van der Waals surface area contributed by atoms with Crippen molar-refractivity contribution in [3.05, 3.63) is 70.5 Å². The molecule has 0 spiro atoms. The maximum Gasteiger partial charge on any atom is 0.265 e. The molecule has 1 heterocycles. The number of fused-ring (bicyclic) bond motifs is 1. The van der Waals surface area contributed by atoms with Crippen molar-refractivity contribution in [1.29, 1.82) is 0 Å². The lowest BCUT2D eigenvalue weighted by atomic mass is 10.1. The Bertz CT molecular complexity index is 948. The summed E-state index contributed by atoms with van der Waals surface area (Å²) in [5.74, 6) is -1.55. The summed E-state index contributed by atoms with van der Waals surface area (Å²) >= 11 is 0. The topological polar surface area (TPSA) is 78.0 Å². The highest BCUT2D eigenvalue weighted by Gasteiger charge is 2.21. The quantitative estimate of drug-likeness (QED) is 0.804. The standard InChI is InChI=1S/C17H14FN3O2/c1-10(15(19)22)16-20-14-5-3-2-4-13(14)17(23)21(16)12-8-6-11(18)7-9-12/h2-10H,1H3,(H2,19,22). The smallest absolute Gasteiger partial charge is 0.265 e. The first-order valence-electron chi connectivity index (χ1n) is 7.06. The highest BCUT2D eigenvalue weighted by Crippen LogP contribution is 2.19. The Morgan fingerprint density at radius 3 is 2.48 bits per heavy atom. The van der Waals surface area contributed by atoms with Gasteiger partial charge in [-0.3, -0.25) is 14.2 Å². The van der Waals surface area contributed by atoms with E-state index >= 15 is 0 Å². The van der Waals surface area contributed by atoms with Gasteiger partial charge in [-0.2, -0.15) is 0 Å². The molecule has 116 valence electrons. The molecule has 0 aliphatic heterocycles. The minimum absolute atomic E-state index is 0.229. The molecule has 0 saturated heterocycles. The van der Waals surface area contributed by atoms with Crippen LogP contribution in [0.15, 0.2) is 53.3 Å². The third-order valence-electron chi connectivity index (χ3n) is 3.70. The van der Waals surface area contributed by atoms with Gasteiger partial charge in [0.05, 0.1) is 22.5 Å². The van der Waals surface area contributed by atoms with E-state index in [1.165, 1.54) is 28.8 Å². The predicted molar refractivity (Wildman–Crippen MR) is 84.9 cm³/mol. The van der Waals surface area contributed by atoms with E-state index in [0.717, 1.165) is 0 Å². The maximum absolute atomic E-state index is 13.2. The van der Waals surface area contributed by atoms with E-state index in [-0.39, 0.29) is 11.4 Å². The van der Waals surface area contributed by atoms with Crippen LogP contribution in [0.2, 0.25) is 0 Å². The molecule has 0 saturated carbocycles. The van der Waals surface area contributed by atoms with Gasteiger partial charge in [0.25, 0.3) is 5.56 Å². The van der Waals surface area contributed by atoms with E-state index in [2.05, 4.69) is 4.98 Å². The zero-order valence-corrected chi connectivity index (χ0v) is 12.4. The molecule has 0 aliphatic carbocycles. The summed E-state index contributed by atoms with van der Waals surface area (Å²) in [7, 11) is 0. The second-order valence-electron chi connectivity index (χ2n) is 5.23. The highest BCUT2D eigenvalue weighted by molar-refractivity contribution is 5.83. The maximum atomic E-state index is 13.2. The number of nitrogens with two attached hydrogens (primary N) is 1. The van der Waals surface area contributed by atoms with Gasteiger partial charge < -0.3 is 5.73 Å². The zero-order chi connectivity index (χ0) is 16.6. The van der Waals surface area contributed by atoms with Crippen LogP contribution in [0.3, 0.4) is 0 Å². The van der Waals surface area contributed by atoms with Gasteiger partial charge in [0.2, 0.25) is 5.91 Å². The Labute approximate surface area is 131 Å². The number of amides is 1. The first-order valence-corrected chi connectivity index (χ1v) is 7.06. The van der Waals surface area contributed by atoms with Gasteiger partial charge in [0.1, 0.15) is 11.6 Å². The van der Waals surface area contributed by atoms with Crippen molar-refractivity contribution in [2.45, 2.75) is 12.8 Å². The molecule has 0 aliphatic rings. The fraction of sp³-hybridized carbons (Fsp3) is 0.118. The normalized spacial score (nSPS) is 12.3. The van der Waals surface area contributed by atoms with Crippen LogP contribution in [0.25, 0.3) is 16.6 Å². The van der Waals surface area contributed by atoms with E-state index in [0.29, 0.717) is 16.6 Å². The van der Waals surface area contributed by atoms with E-state index in [1.54, 1.807) is 31.2 Å². The molecule has 0 bridgehead atoms. The number of rotatable bonds is 3. The van der Waals surface area contributed by atoms with Crippen molar-refractivity contribution in [2.75, 3.05) is 0 Å². The molecule has 23 heavy (non-hydrogen) atoms. The lowest BCUT2D eigenvalue weighted by molar-refractivity contribution is -0.119. The van der Waals surface area contributed by atoms with Gasteiger partial charge in [0.15, 0.2) is 0 Å². The number of carbonyl (C=O) groups excluding carboxylic acids is 1. The van der Waals surface area contributed by atoms with Gasteiger partial charge in [-0.15, -0.1) is 0 Å². The number of carbonyl (C=O) groups is 1. The van der Waals surface area contributed by atoms with Gasteiger partial charge in [-0.05, 0) is 43.3 Å². The van der Waals surface area contributed by atoms with Crippen LogP contribution in [0, 0.1) is 5.82 Å². The molecule has 3 aromatic rings. The molecular weight excluding hydrogens is 297 g/mol. The summed E-state index contributed by atoms with van der Waals surface area (Å²) in [5.41, 5.74) is 5.96. The monoisotopic (exact) mass is 311 g/mol. The number of nitrogens with zero attached hydrogens (tertiary/aromatic N) is 2. The number of aromatic nitrogens is 2. The van der Waals surface area contributed by atoms with E-state index in [1.807, 2.05) is 0 Å². The zero-order valence-electron chi connectivity index (χ0n) is 12.4. The first-order chi connectivity index (χ1) is 11.0. The van der Waals surface area contributed by atoms with Crippen molar-refractivity contribution in [3.8, 4) is 5.69 Å². The summed E-state index contributed by atoms with van der Waals surface area (Å²) in [6.45, 7) is 1.58. The second kappa shape index (κ2) is 5.64. The molecule has 0 radical (unpaired) electrons.